The maximum absolute atomic E-state index is 5.04. The fraction of sp³-hybridized carbons (Fsp3) is 0. The number of hydrogen-bond acceptors (Lipinski definition) is 0. The minimum Gasteiger partial charge on any atom is -0.228 e. The first-order valence-corrected chi connectivity index (χ1v) is 4.23. The van der Waals surface area contributed by atoms with E-state index < -0.39 is 0 Å². The van der Waals surface area contributed by atoms with Gasteiger partial charge in [-0.25, -0.2) is 12.8 Å². The molecule has 0 unspecified atom stereocenters. The molecule has 74 valence electrons. The summed E-state index contributed by atoms with van der Waals surface area (Å²) < 4.78 is 0. The van der Waals surface area contributed by atoms with Crippen LogP contribution in [0, 0.1) is 24.7 Å². The van der Waals surface area contributed by atoms with Crippen molar-refractivity contribution in [3.05, 3.63) is 59.7 Å². The molecule has 0 bridgehead atoms. The molecule has 2 rings (SSSR count). The van der Waals surface area contributed by atoms with Crippen molar-refractivity contribution in [3.8, 4) is 24.7 Å². The van der Waals surface area contributed by atoms with Crippen molar-refractivity contribution in [3.63, 3.8) is 0 Å². The number of rotatable bonds is 0. The molecular formula is C14H10Fe. The van der Waals surface area contributed by atoms with Crippen molar-refractivity contribution < 1.29 is 17.1 Å². The van der Waals surface area contributed by atoms with Crippen molar-refractivity contribution >= 4 is 0 Å². The second kappa shape index (κ2) is 7.72. The third-order valence-corrected chi connectivity index (χ3v) is 1.66. The molecule has 0 atom stereocenters. The monoisotopic (exact) mass is 234 g/mol. The van der Waals surface area contributed by atoms with Crippen molar-refractivity contribution in [1.82, 2.24) is 0 Å². The Bertz CT molecular complexity index is 374. The molecule has 0 radical (unpaired) electrons. The van der Waals surface area contributed by atoms with Gasteiger partial charge in [0.25, 0.3) is 0 Å². The van der Waals surface area contributed by atoms with E-state index in [2.05, 4.69) is 11.8 Å². The predicted molar refractivity (Wildman–Crippen MR) is 59.9 cm³/mol. The minimum atomic E-state index is 0. The Morgan fingerprint density at radius 1 is 0.667 bits per heavy atom. The Morgan fingerprint density at radius 2 is 0.933 bits per heavy atom. The minimum absolute atomic E-state index is 0. The van der Waals surface area contributed by atoms with Crippen LogP contribution >= 0.6 is 0 Å². The van der Waals surface area contributed by atoms with E-state index in [-0.39, 0.29) is 17.1 Å². The Kier molecular flexibility index (Phi) is 6.86. The molecule has 0 N–H and O–H groups in total. The van der Waals surface area contributed by atoms with Crippen molar-refractivity contribution in [2.24, 2.45) is 0 Å². The third kappa shape index (κ3) is 4.94. The van der Waals surface area contributed by atoms with Crippen molar-refractivity contribution in [2.45, 2.75) is 0 Å². The van der Waals surface area contributed by atoms with Gasteiger partial charge in [-0.15, -0.1) is 24.3 Å². The van der Waals surface area contributed by atoms with Gasteiger partial charge in [-0.05, 0) is 0 Å². The fourth-order valence-corrected chi connectivity index (χ4v) is 0.940. The van der Waals surface area contributed by atoms with Crippen LogP contribution in [0.2, 0.25) is 0 Å². The van der Waals surface area contributed by atoms with Crippen molar-refractivity contribution in [1.29, 1.82) is 0 Å². The summed E-state index contributed by atoms with van der Waals surface area (Å²) in [5, 5.41) is 0. The second-order valence-corrected chi connectivity index (χ2v) is 2.64. The van der Waals surface area contributed by atoms with Crippen LogP contribution in [-0.4, -0.2) is 0 Å². The topological polar surface area (TPSA) is 0 Å². The van der Waals surface area contributed by atoms with Gasteiger partial charge in [0.15, 0.2) is 0 Å². The normalized spacial score (nSPS) is 7.33. The molecular weight excluding hydrogens is 224 g/mol. The van der Waals surface area contributed by atoms with Gasteiger partial charge in [-0.2, -0.15) is 36.1 Å². The van der Waals surface area contributed by atoms with Gasteiger partial charge >= 0.3 is 17.1 Å². The third-order valence-electron chi connectivity index (χ3n) is 1.66. The Morgan fingerprint density at radius 3 is 1.07 bits per heavy atom. The molecule has 0 aliphatic rings. The van der Waals surface area contributed by atoms with E-state index in [0.29, 0.717) is 0 Å². The zero-order valence-corrected chi connectivity index (χ0v) is 9.23. The first kappa shape index (κ1) is 13.3. The van der Waals surface area contributed by atoms with E-state index in [1.165, 1.54) is 0 Å². The second-order valence-electron chi connectivity index (χ2n) is 2.64. The summed E-state index contributed by atoms with van der Waals surface area (Å²) in [7, 11) is 0. The van der Waals surface area contributed by atoms with Gasteiger partial charge < -0.3 is 0 Å². The average Bonchev–Trinajstić information content (AvgIpc) is 2.92. The molecule has 2 aromatic rings. The summed E-state index contributed by atoms with van der Waals surface area (Å²) in [6.07, 6.45) is 10.1. The van der Waals surface area contributed by atoms with Crippen molar-refractivity contribution in [2.75, 3.05) is 0 Å². The van der Waals surface area contributed by atoms with E-state index in [9.17, 15) is 0 Å². The molecule has 0 spiro atoms. The summed E-state index contributed by atoms with van der Waals surface area (Å²) in [6, 6.07) is 15.3. The van der Waals surface area contributed by atoms with Crippen LogP contribution in [0.5, 0.6) is 0 Å². The van der Waals surface area contributed by atoms with Crippen LogP contribution in [0.15, 0.2) is 48.5 Å². The first-order valence-electron chi connectivity index (χ1n) is 4.23. The van der Waals surface area contributed by atoms with Crippen LogP contribution in [0.4, 0.5) is 0 Å². The molecule has 0 aliphatic heterocycles. The summed E-state index contributed by atoms with van der Waals surface area (Å²) in [4.78, 5) is 0. The molecule has 2 aromatic carbocycles. The Labute approximate surface area is 102 Å². The Hall–Kier alpha value is -1.66. The molecule has 0 saturated carbocycles. The van der Waals surface area contributed by atoms with E-state index in [1.807, 2.05) is 48.5 Å². The molecule has 0 heterocycles. The van der Waals surface area contributed by atoms with Gasteiger partial charge in [0.1, 0.15) is 0 Å². The van der Waals surface area contributed by atoms with E-state index in [0.717, 1.165) is 11.1 Å². The molecule has 0 aromatic heterocycles. The van der Waals surface area contributed by atoms with Crippen LogP contribution in [0.25, 0.3) is 0 Å². The molecule has 0 saturated heterocycles. The van der Waals surface area contributed by atoms with Crippen LogP contribution < -0.4 is 0 Å². The quantitative estimate of drug-likeness (QED) is 0.373. The summed E-state index contributed by atoms with van der Waals surface area (Å²) >= 11 is 0. The van der Waals surface area contributed by atoms with E-state index in [4.69, 9.17) is 12.8 Å². The standard InChI is InChI=1S/2C7H5.Fe/c2*1-2-7-5-3-4-6-7;/h2*1,3-6H;/q2*-1;+2. The van der Waals surface area contributed by atoms with Gasteiger partial charge in [0.2, 0.25) is 0 Å². The smallest absolute Gasteiger partial charge is 0.228 e. The van der Waals surface area contributed by atoms with Gasteiger partial charge in [0, 0.05) is 0 Å². The van der Waals surface area contributed by atoms with Crippen LogP contribution in [0.1, 0.15) is 11.1 Å². The molecule has 0 fully saturated rings. The number of terminal acetylenes is 2. The summed E-state index contributed by atoms with van der Waals surface area (Å²) in [5.74, 6) is 5.01. The molecule has 0 amide bonds. The summed E-state index contributed by atoms with van der Waals surface area (Å²) in [5.41, 5.74) is 1.92. The largest absolute Gasteiger partial charge is 2.00 e. The maximum atomic E-state index is 5.04. The summed E-state index contributed by atoms with van der Waals surface area (Å²) in [6.45, 7) is 0. The molecule has 0 nitrogen and oxygen atoms in total. The molecule has 15 heavy (non-hydrogen) atoms. The van der Waals surface area contributed by atoms with E-state index in [1.54, 1.807) is 0 Å². The first-order chi connectivity index (χ1) is 6.86. The van der Waals surface area contributed by atoms with Crippen LogP contribution in [-0.2, 0) is 17.1 Å². The SMILES string of the molecule is C#C[c-]1cccc1.C#C[c-]1cccc1.[Fe+2]. The van der Waals surface area contributed by atoms with E-state index >= 15 is 0 Å². The fourth-order valence-electron chi connectivity index (χ4n) is 0.940. The zero-order chi connectivity index (χ0) is 10.2. The Balaban J connectivity index is 0.000000245. The molecule has 0 aliphatic carbocycles. The van der Waals surface area contributed by atoms with Gasteiger partial charge in [-0.3, -0.25) is 0 Å². The average molecular weight is 234 g/mol. The maximum Gasteiger partial charge on any atom is 2.00 e. The van der Waals surface area contributed by atoms with Gasteiger partial charge in [0.05, 0.1) is 0 Å². The zero-order valence-electron chi connectivity index (χ0n) is 8.13. The van der Waals surface area contributed by atoms with Gasteiger partial charge in [-0.1, -0.05) is 11.1 Å². The van der Waals surface area contributed by atoms with Crippen LogP contribution in [0.3, 0.4) is 0 Å². The predicted octanol–water partition coefficient (Wildman–Crippen LogP) is 2.77. The number of hydrogen-bond donors (Lipinski definition) is 0. The molecule has 1 heteroatoms.